The first kappa shape index (κ1) is 12.0. The predicted octanol–water partition coefficient (Wildman–Crippen LogP) is 5.71. The molecule has 0 radical (unpaired) electrons. The van der Waals surface area contributed by atoms with Gasteiger partial charge in [-0.25, -0.2) is 0 Å². The molecule has 0 saturated heterocycles. The van der Waals surface area contributed by atoms with Crippen LogP contribution in [0.3, 0.4) is 0 Å². The average Bonchev–Trinajstić information content (AvgIpc) is 2.76. The fourth-order valence-electron chi connectivity index (χ4n) is 2.39. The van der Waals surface area contributed by atoms with Crippen LogP contribution in [0.1, 0.15) is 30.9 Å². The van der Waals surface area contributed by atoms with Gasteiger partial charge in [-0.3, -0.25) is 0 Å². The van der Waals surface area contributed by atoms with E-state index in [1.165, 1.54) is 28.3 Å². The Morgan fingerprint density at radius 3 is 2.74 bits per heavy atom. The summed E-state index contributed by atoms with van der Waals surface area (Å²) in [4.78, 5) is 0. The molecule has 0 N–H and O–H groups in total. The summed E-state index contributed by atoms with van der Waals surface area (Å²) in [6.07, 6.45) is 6.74. The van der Waals surface area contributed by atoms with Gasteiger partial charge in [0.25, 0.3) is 0 Å². The summed E-state index contributed by atoms with van der Waals surface area (Å²) in [5, 5.41) is 2.40. The number of allylic oxidation sites excluding steroid dienone is 1. The summed E-state index contributed by atoms with van der Waals surface area (Å²) in [6, 6.07) is 12.8. The van der Waals surface area contributed by atoms with E-state index in [-0.39, 0.29) is 0 Å². The van der Waals surface area contributed by atoms with Crippen LogP contribution in [0.25, 0.3) is 28.0 Å². The molecule has 0 amide bonds. The zero-order chi connectivity index (χ0) is 13.2. The van der Waals surface area contributed by atoms with E-state index in [0.717, 1.165) is 17.6 Å². The Bertz CT molecular complexity index is 747. The monoisotopic (exact) mass is 250 g/mol. The molecule has 0 aliphatic rings. The Kier molecular flexibility index (Phi) is 3.12. The van der Waals surface area contributed by atoms with Gasteiger partial charge in [0.2, 0.25) is 0 Å². The summed E-state index contributed by atoms with van der Waals surface area (Å²) >= 11 is 0. The Morgan fingerprint density at radius 2 is 1.89 bits per heavy atom. The number of furan rings is 1. The van der Waals surface area contributed by atoms with Crippen LogP contribution in [0.15, 0.2) is 46.9 Å². The second-order valence-electron chi connectivity index (χ2n) is 5.05. The molecular weight excluding hydrogens is 232 g/mol. The lowest BCUT2D eigenvalue weighted by Gasteiger charge is -1.94. The Morgan fingerprint density at radius 1 is 1.00 bits per heavy atom. The van der Waals surface area contributed by atoms with Crippen molar-refractivity contribution in [1.29, 1.82) is 0 Å². The highest BCUT2D eigenvalue weighted by atomic mass is 16.3. The topological polar surface area (TPSA) is 13.1 Å². The van der Waals surface area contributed by atoms with Gasteiger partial charge in [-0.05, 0) is 42.7 Å². The predicted molar refractivity (Wildman–Crippen MR) is 82.4 cm³/mol. The molecule has 3 aromatic rings. The normalized spacial score (nSPS) is 11.9. The smallest absolute Gasteiger partial charge is 0.135 e. The SMILES string of the molecule is CCC/C=C/c1ccc2oc3cc(C)ccc3c2c1. The number of rotatable bonds is 3. The molecule has 0 spiro atoms. The number of unbranched alkanes of at least 4 members (excludes halogenated alkanes) is 1. The van der Waals surface area contributed by atoms with E-state index in [1.54, 1.807) is 0 Å². The van der Waals surface area contributed by atoms with Crippen LogP contribution in [0.4, 0.5) is 0 Å². The fourth-order valence-corrected chi connectivity index (χ4v) is 2.39. The van der Waals surface area contributed by atoms with Crippen LogP contribution in [-0.4, -0.2) is 0 Å². The number of hydrogen-bond donors (Lipinski definition) is 0. The minimum absolute atomic E-state index is 0.966. The number of benzene rings is 2. The lowest BCUT2D eigenvalue weighted by molar-refractivity contribution is 0.668. The van der Waals surface area contributed by atoms with E-state index < -0.39 is 0 Å². The van der Waals surface area contributed by atoms with Crippen LogP contribution in [0.5, 0.6) is 0 Å². The highest BCUT2D eigenvalue weighted by molar-refractivity contribution is 6.05. The van der Waals surface area contributed by atoms with Crippen LogP contribution in [0.2, 0.25) is 0 Å². The van der Waals surface area contributed by atoms with Crippen molar-refractivity contribution in [2.45, 2.75) is 26.7 Å². The van der Waals surface area contributed by atoms with Crippen molar-refractivity contribution in [2.24, 2.45) is 0 Å². The van der Waals surface area contributed by atoms with Crippen LogP contribution >= 0.6 is 0 Å². The first-order valence-electron chi connectivity index (χ1n) is 6.87. The first-order valence-corrected chi connectivity index (χ1v) is 6.87. The standard InChI is InChI=1S/C18H18O/c1-3-4-5-6-14-8-10-17-16(12-14)15-9-7-13(2)11-18(15)19-17/h5-12H,3-4H2,1-2H3/b6-5+. The van der Waals surface area contributed by atoms with Crippen molar-refractivity contribution in [3.05, 3.63) is 53.6 Å². The van der Waals surface area contributed by atoms with Crippen molar-refractivity contribution < 1.29 is 4.42 Å². The van der Waals surface area contributed by atoms with Crippen molar-refractivity contribution in [2.75, 3.05) is 0 Å². The van der Waals surface area contributed by atoms with Crippen LogP contribution in [0, 0.1) is 6.92 Å². The summed E-state index contributed by atoms with van der Waals surface area (Å²) < 4.78 is 5.89. The molecule has 0 saturated carbocycles. The van der Waals surface area contributed by atoms with Crippen molar-refractivity contribution in [3.8, 4) is 0 Å². The van der Waals surface area contributed by atoms with E-state index in [9.17, 15) is 0 Å². The maximum Gasteiger partial charge on any atom is 0.135 e. The van der Waals surface area contributed by atoms with Crippen molar-refractivity contribution in [1.82, 2.24) is 0 Å². The summed E-state index contributed by atoms with van der Waals surface area (Å²) in [7, 11) is 0. The van der Waals surface area contributed by atoms with E-state index in [2.05, 4.69) is 62.4 Å². The minimum Gasteiger partial charge on any atom is -0.456 e. The second-order valence-corrected chi connectivity index (χ2v) is 5.05. The third-order valence-corrected chi connectivity index (χ3v) is 3.42. The van der Waals surface area contributed by atoms with E-state index in [1.807, 2.05) is 0 Å². The molecule has 0 aliphatic carbocycles. The summed E-state index contributed by atoms with van der Waals surface area (Å²) in [6.45, 7) is 4.28. The molecule has 19 heavy (non-hydrogen) atoms. The highest BCUT2D eigenvalue weighted by Crippen LogP contribution is 2.30. The molecule has 1 aromatic heterocycles. The van der Waals surface area contributed by atoms with E-state index >= 15 is 0 Å². The Balaban J connectivity index is 2.13. The molecular formula is C18H18O. The maximum atomic E-state index is 5.89. The van der Waals surface area contributed by atoms with Gasteiger partial charge in [-0.1, -0.05) is 43.7 Å². The van der Waals surface area contributed by atoms with Gasteiger partial charge in [-0.2, -0.15) is 0 Å². The first-order chi connectivity index (χ1) is 9.28. The Labute approximate surface area is 113 Å². The molecule has 2 aromatic carbocycles. The van der Waals surface area contributed by atoms with Crippen LogP contribution < -0.4 is 0 Å². The van der Waals surface area contributed by atoms with E-state index in [0.29, 0.717) is 0 Å². The quantitative estimate of drug-likeness (QED) is 0.580. The van der Waals surface area contributed by atoms with Crippen LogP contribution in [-0.2, 0) is 0 Å². The van der Waals surface area contributed by atoms with E-state index in [4.69, 9.17) is 4.42 Å². The number of fused-ring (bicyclic) bond motifs is 3. The summed E-state index contributed by atoms with van der Waals surface area (Å²) in [5.74, 6) is 0. The van der Waals surface area contributed by atoms with Gasteiger partial charge in [0.1, 0.15) is 11.2 Å². The second kappa shape index (κ2) is 4.93. The Hall–Kier alpha value is -2.02. The summed E-state index contributed by atoms with van der Waals surface area (Å²) in [5.41, 5.74) is 4.41. The molecule has 96 valence electrons. The zero-order valence-corrected chi connectivity index (χ0v) is 11.4. The lowest BCUT2D eigenvalue weighted by atomic mass is 10.1. The van der Waals surface area contributed by atoms with Gasteiger partial charge in [0, 0.05) is 10.8 Å². The highest BCUT2D eigenvalue weighted by Gasteiger charge is 2.06. The molecule has 0 unspecified atom stereocenters. The molecule has 1 heteroatoms. The molecule has 0 bridgehead atoms. The minimum atomic E-state index is 0.966. The van der Waals surface area contributed by atoms with Crippen molar-refractivity contribution >= 4 is 28.0 Å². The molecule has 1 heterocycles. The third kappa shape index (κ3) is 2.28. The van der Waals surface area contributed by atoms with Gasteiger partial charge < -0.3 is 4.42 Å². The van der Waals surface area contributed by atoms with Gasteiger partial charge in [-0.15, -0.1) is 0 Å². The van der Waals surface area contributed by atoms with Gasteiger partial charge in [0.05, 0.1) is 0 Å². The number of aryl methyl sites for hydroxylation is 1. The third-order valence-electron chi connectivity index (χ3n) is 3.42. The average molecular weight is 250 g/mol. The van der Waals surface area contributed by atoms with Gasteiger partial charge in [0.15, 0.2) is 0 Å². The molecule has 0 aliphatic heterocycles. The lowest BCUT2D eigenvalue weighted by Crippen LogP contribution is -1.73. The number of hydrogen-bond acceptors (Lipinski definition) is 1. The molecule has 1 nitrogen and oxygen atoms in total. The van der Waals surface area contributed by atoms with Gasteiger partial charge >= 0.3 is 0 Å². The molecule has 0 fully saturated rings. The largest absolute Gasteiger partial charge is 0.456 e. The maximum absolute atomic E-state index is 5.89. The molecule has 3 rings (SSSR count). The van der Waals surface area contributed by atoms with Crippen molar-refractivity contribution in [3.63, 3.8) is 0 Å². The zero-order valence-electron chi connectivity index (χ0n) is 11.4. The fraction of sp³-hybridized carbons (Fsp3) is 0.222. The molecule has 0 atom stereocenters.